The van der Waals surface area contributed by atoms with Crippen LogP contribution >= 0.6 is 15.6 Å². The molecule has 4 N–H and O–H groups in total. The number of aliphatic hydroxyl groups is 1. The molecule has 0 spiro atoms. The fourth-order valence-electron chi connectivity index (χ4n) is 7.52. The second-order valence-electron chi connectivity index (χ2n) is 18.8. The fourth-order valence-corrected chi connectivity index (χ4v) is 9.94. The van der Waals surface area contributed by atoms with Crippen molar-refractivity contribution in [3.63, 3.8) is 0 Å². The number of unbranched alkanes of at least 4 members (excludes halogenated alkanes) is 19. The third kappa shape index (κ3) is 30.2. The van der Waals surface area contributed by atoms with Gasteiger partial charge in [0.05, 0.1) is 54.5 Å². The SMILES string of the molecule is CC.CCCCCCCCCCCCCCCCCCCCCC[N+](C)(C)Cc1ccccc1.COP(=O)(OCC1C[C@@H](O)C(n2ccc(N)nc2=O)O1)OP(=O)(O)OCC[N+](C)(C)C. The molecule has 5 atom stereocenters. The molecule has 0 radical (unpaired) electrons. The number of aliphatic hydroxyl groups excluding tert-OH is 1. The van der Waals surface area contributed by atoms with Crippen LogP contribution in [0.4, 0.5) is 5.82 Å². The van der Waals surface area contributed by atoms with Crippen LogP contribution in [0.25, 0.3) is 0 Å². The lowest BCUT2D eigenvalue weighted by Gasteiger charge is -2.30. The van der Waals surface area contributed by atoms with Crippen molar-refractivity contribution in [2.75, 3.05) is 74.4 Å². The first-order chi connectivity index (χ1) is 30.9. The summed E-state index contributed by atoms with van der Waals surface area (Å²) in [6, 6.07) is 12.3. The first-order valence-corrected chi connectivity index (χ1v) is 27.7. The minimum atomic E-state index is -4.74. The van der Waals surface area contributed by atoms with Crippen LogP contribution in [-0.2, 0) is 38.3 Å². The Bertz CT molecular complexity index is 1650. The van der Waals surface area contributed by atoms with Gasteiger partial charge >= 0.3 is 21.3 Å². The Labute approximate surface area is 394 Å². The summed E-state index contributed by atoms with van der Waals surface area (Å²) in [7, 11) is 2.07. The predicted octanol–water partition coefficient (Wildman–Crippen LogP) is 11.2. The zero-order chi connectivity index (χ0) is 48.6. The number of aromatic nitrogens is 2. The fraction of sp³-hybridized carbons (Fsp3) is 0.792. The van der Waals surface area contributed by atoms with Gasteiger partial charge in [-0.25, -0.2) is 13.9 Å². The second kappa shape index (κ2) is 34.3. The van der Waals surface area contributed by atoms with Crippen LogP contribution in [0.15, 0.2) is 47.4 Å². The molecule has 17 heteroatoms. The molecule has 1 aliphatic heterocycles. The van der Waals surface area contributed by atoms with Crippen molar-refractivity contribution >= 4 is 21.5 Å². The summed E-state index contributed by atoms with van der Waals surface area (Å²) in [5.41, 5.74) is 6.18. The molecule has 3 rings (SSSR count). The van der Waals surface area contributed by atoms with E-state index in [0.29, 0.717) is 11.0 Å². The molecule has 0 amide bonds. The molecule has 0 bridgehead atoms. The standard InChI is InChI=1S/C31H58N.C15H28N4O10P2.C2H6/c1-4-5-6-7-8-9-10-11-12-13-14-15-16-17-18-19-20-21-22-26-29-32(2,3)30-31-27-24-23-25-28-31;1-19(2,3)7-8-26-30(22,23)29-31(24,25-4)27-10-11-9-12(20)14(28-11)18-6-5-13(16)17-15(18)21;1-2/h23-25,27-28H,4-22,26,29-30H2,1-3H3;5-6,11-12,14,20H,7-10H2,1-4H3,(H2-,16,17,21,22,23);1-2H3/q+1;;/p+1/t;11?,12-,14?,31?;/m.1./s1. The van der Waals surface area contributed by atoms with E-state index in [1.54, 1.807) is 0 Å². The molecule has 15 nitrogen and oxygen atoms in total. The molecule has 1 fully saturated rings. The number of anilines is 1. The van der Waals surface area contributed by atoms with E-state index in [4.69, 9.17) is 19.5 Å². The zero-order valence-corrected chi connectivity index (χ0v) is 43.9. The quantitative estimate of drug-likeness (QED) is 0.0343. The number of nitrogens with two attached hydrogens (primary N) is 1. The highest BCUT2D eigenvalue weighted by molar-refractivity contribution is 7.61. The lowest BCUT2D eigenvalue weighted by molar-refractivity contribution is -0.903. The number of nitrogens with zero attached hydrogens (tertiary/aromatic N) is 4. The molecular weight excluding hydrogens is 869 g/mol. The number of phosphoric ester groups is 2. The van der Waals surface area contributed by atoms with E-state index in [1.807, 2.05) is 35.0 Å². The van der Waals surface area contributed by atoms with Crippen LogP contribution in [0.1, 0.15) is 167 Å². The Hall–Kier alpha value is -2.00. The maximum absolute atomic E-state index is 12.6. The number of ether oxygens (including phenoxy) is 1. The van der Waals surface area contributed by atoms with Gasteiger partial charge in [-0.05, 0) is 18.9 Å². The highest BCUT2D eigenvalue weighted by atomic mass is 31.3. The van der Waals surface area contributed by atoms with Gasteiger partial charge in [0.15, 0.2) is 6.23 Å². The number of nitrogen functional groups attached to an aromatic ring is 1. The van der Waals surface area contributed by atoms with E-state index >= 15 is 0 Å². The van der Waals surface area contributed by atoms with Gasteiger partial charge in [-0.15, -0.1) is 0 Å². The molecule has 1 aromatic heterocycles. The van der Waals surface area contributed by atoms with E-state index < -0.39 is 46.4 Å². The summed E-state index contributed by atoms with van der Waals surface area (Å²) in [5, 5.41) is 10.2. The number of likely N-dealkylation sites (N-methyl/N-ethyl adjacent to an activating group) is 1. The third-order valence-corrected chi connectivity index (χ3v) is 14.3. The summed E-state index contributed by atoms with van der Waals surface area (Å²) < 4.78 is 52.0. The van der Waals surface area contributed by atoms with Crippen molar-refractivity contribution in [1.82, 2.24) is 9.55 Å². The molecule has 1 saturated heterocycles. The minimum absolute atomic E-state index is 0.0159. The number of hydrogen-bond acceptors (Lipinski definition) is 11. The molecule has 2 aromatic rings. The maximum atomic E-state index is 12.6. The summed E-state index contributed by atoms with van der Waals surface area (Å²) in [5.74, 6) is 0.0175. The van der Waals surface area contributed by atoms with Crippen molar-refractivity contribution in [2.24, 2.45) is 0 Å². The van der Waals surface area contributed by atoms with E-state index in [-0.39, 0.29) is 18.8 Å². The monoisotopic (exact) mass is 962 g/mol. The van der Waals surface area contributed by atoms with Gasteiger partial charge in [-0.2, -0.15) is 9.29 Å². The molecule has 65 heavy (non-hydrogen) atoms. The van der Waals surface area contributed by atoms with E-state index in [1.165, 1.54) is 153 Å². The average molecular weight is 962 g/mol. The van der Waals surface area contributed by atoms with Gasteiger partial charge in [0.2, 0.25) is 0 Å². The van der Waals surface area contributed by atoms with Crippen molar-refractivity contribution in [3.8, 4) is 0 Å². The Balaban J connectivity index is 0.000000626. The van der Waals surface area contributed by atoms with Gasteiger partial charge in [-0.1, -0.05) is 167 Å². The summed E-state index contributed by atoms with van der Waals surface area (Å²) in [6.07, 6.45) is 27.5. The summed E-state index contributed by atoms with van der Waals surface area (Å²) in [6.45, 7) is 8.59. The van der Waals surface area contributed by atoms with Crippen LogP contribution in [0.3, 0.4) is 0 Å². The summed E-state index contributed by atoms with van der Waals surface area (Å²) in [4.78, 5) is 25.3. The minimum Gasteiger partial charge on any atom is -0.388 e. The van der Waals surface area contributed by atoms with Crippen LogP contribution in [-0.4, -0.2) is 109 Å². The Kier molecular flexibility index (Phi) is 32.2. The molecular formula is C48H93N5O10P2+2. The lowest BCUT2D eigenvalue weighted by Crippen LogP contribution is -2.39. The van der Waals surface area contributed by atoms with Gasteiger partial charge in [0.1, 0.15) is 31.6 Å². The largest absolute Gasteiger partial charge is 0.483 e. The maximum Gasteiger partial charge on any atom is 0.483 e. The topological polar surface area (TPSA) is 182 Å². The number of benzene rings is 1. The average Bonchev–Trinajstić information content (AvgIpc) is 3.62. The molecule has 2 heterocycles. The van der Waals surface area contributed by atoms with Gasteiger partial charge in [-0.3, -0.25) is 18.1 Å². The van der Waals surface area contributed by atoms with E-state index in [0.717, 1.165) is 22.7 Å². The first kappa shape index (κ1) is 61.0. The Morgan fingerprint density at radius 3 is 1.72 bits per heavy atom. The summed E-state index contributed by atoms with van der Waals surface area (Å²) >= 11 is 0. The van der Waals surface area contributed by atoms with E-state index in [9.17, 15) is 23.9 Å². The number of phosphoric acid groups is 2. The first-order valence-electron chi connectivity index (χ1n) is 24.7. The number of quaternary nitrogens is 2. The van der Waals surface area contributed by atoms with Gasteiger partial charge < -0.3 is 29.4 Å². The zero-order valence-electron chi connectivity index (χ0n) is 42.1. The Morgan fingerprint density at radius 2 is 1.26 bits per heavy atom. The van der Waals surface area contributed by atoms with Gasteiger partial charge in [0, 0.05) is 25.3 Å². The Morgan fingerprint density at radius 1 is 0.769 bits per heavy atom. The smallest absolute Gasteiger partial charge is 0.388 e. The molecule has 378 valence electrons. The van der Waals surface area contributed by atoms with Crippen molar-refractivity contribution in [2.45, 2.75) is 181 Å². The predicted molar refractivity (Wildman–Crippen MR) is 264 cm³/mol. The number of rotatable bonds is 34. The molecule has 1 aromatic carbocycles. The van der Waals surface area contributed by atoms with Crippen LogP contribution < -0.4 is 11.4 Å². The van der Waals surface area contributed by atoms with Crippen LogP contribution in [0, 0.1) is 0 Å². The normalized spacial score (nSPS) is 18.2. The molecule has 0 aliphatic carbocycles. The van der Waals surface area contributed by atoms with Crippen molar-refractivity contribution in [1.29, 1.82) is 0 Å². The molecule has 4 unspecified atom stereocenters. The highest BCUT2D eigenvalue weighted by Crippen LogP contribution is 2.63. The molecule has 1 aliphatic rings. The van der Waals surface area contributed by atoms with Crippen LogP contribution in [0.5, 0.6) is 0 Å². The molecule has 0 saturated carbocycles. The number of hydrogen-bond donors (Lipinski definition) is 3. The van der Waals surface area contributed by atoms with Crippen LogP contribution in [0.2, 0.25) is 0 Å². The van der Waals surface area contributed by atoms with Crippen molar-refractivity contribution in [3.05, 3.63) is 58.6 Å². The van der Waals surface area contributed by atoms with Gasteiger partial charge in [0.25, 0.3) is 0 Å². The van der Waals surface area contributed by atoms with E-state index in [2.05, 4.69) is 65.2 Å². The second-order valence-corrected chi connectivity index (χ2v) is 22.2. The highest BCUT2D eigenvalue weighted by Gasteiger charge is 2.41. The lowest BCUT2D eigenvalue weighted by atomic mass is 10.0. The van der Waals surface area contributed by atoms with Crippen molar-refractivity contribution < 1.29 is 50.7 Å². The third-order valence-electron chi connectivity index (χ3n) is 11.2.